The van der Waals surface area contributed by atoms with Crippen LogP contribution in [-0.4, -0.2) is 26.2 Å². The zero-order valence-corrected chi connectivity index (χ0v) is 12.7. The first-order valence-electron chi connectivity index (χ1n) is 6.66. The third-order valence-electron chi connectivity index (χ3n) is 3.09. The minimum atomic E-state index is -4.27. The zero-order valence-electron chi connectivity index (χ0n) is 11.8. The third-order valence-corrected chi connectivity index (χ3v) is 4.49. The number of aliphatic hydroxyl groups excluding tert-OH is 1. The van der Waals surface area contributed by atoms with Gasteiger partial charge in [0.15, 0.2) is 17.5 Å². The van der Waals surface area contributed by atoms with Gasteiger partial charge < -0.3 is 5.11 Å². The van der Waals surface area contributed by atoms with Gasteiger partial charge >= 0.3 is 0 Å². The molecule has 0 heterocycles. The van der Waals surface area contributed by atoms with E-state index in [0.29, 0.717) is 12.1 Å². The Bertz CT molecular complexity index is 759. The molecule has 0 fully saturated rings. The van der Waals surface area contributed by atoms with Crippen LogP contribution in [0, 0.1) is 17.5 Å². The van der Waals surface area contributed by atoms with Crippen molar-refractivity contribution in [1.29, 1.82) is 0 Å². The predicted molar refractivity (Wildman–Crippen MR) is 77.7 cm³/mol. The first-order valence-corrected chi connectivity index (χ1v) is 8.14. The molecule has 0 aliphatic rings. The van der Waals surface area contributed by atoms with Crippen molar-refractivity contribution in [2.45, 2.75) is 17.4 Å². The summed E-state index contributed by atoms with van der Waals surface area (Å²) in [6.45, 7) is -0.349. The van der Waals surface area contributed by atoms with Gasteiger partial charge in [0.05, 0.1) is 11.0 Å². The molecule has 1 atom stereocenters. The van der Waals surface area contributed by atoms with E-state index in [1.807, 2.05) is 4.72 Å². The van der Waals surface area contributed by atoms with Gasteiger partial charge in [-0.2, -0.15) is 0 Å². The standard InChI is InChI=1S/C15H14F3NO3S/c16-13-7-12(8-14(17)15(13)18)23(21,22)19-9-11(20)6-10-4-2-1-3-5-10/h1-5,7-8,11,19-20H,6,9H2. The summed E-state index contributed by atoms with van der Waals surface area (Å²) in [6.07, 6.45) is -0.822. The fourth-order valence-corrected chi connectivity index (χ4v) is 3.03. The topological polar surface area (TPSA) is 66.4 Å². The molecule has 0 saturated carbocycles. The molecule has 0 amide bonds. The molecule has 0 saturated heterocycles. The van der Waals surface area contributed by atoms with Crippen LogP contribution >= 0.6 is 0 Å². The van der Waals surface area contributed by atoms with Crippen LogP contribution in [0.1, 0.15) is 5.56 Å². The Morgan fingerprint density at radius 1 is 1.04 bits per heavy atom. The number of benzene rings is 2. The van der Waals surface area contributed by atoms with Gasteiger partial charge in [0.2, 0.25) is 10.0 Å². The summed E-state index contributed by atoms with van der Waals surface area (Å²) in [5.74, 6) is -4.95. The second-order valence-electron chi connectivity index (χ2n) is 4.90. The highest BCUT2D eigenvalue weighted by Gasteiger charge is 2.21. The maximum absolute atomic E-state index is 13.1. The van der Waals surface area contributed by atoms with E-state index >= 15 is 0 Å². The molecule has 2 N–H and O–H groups in total. The number of sulfonamides is 1. The summed E-state index contributed by atoms with van der Waals surface area (Å²) in [6, 6.07) is 9.64. The van der Waals surface area contributed by atoms with E-state index in [1.165, 1.54) is 0 Å². The fraction of sp³-hybridized carbons (Fsp3) is 0.200. The number of hydrogen-bond acceptors (Lipinski definition) is 3. The van der Waals surface area contributed by atoms with Crippen molar-refractivity contribution in [2.24, 2.45) is 0 Å². The van der Waals surface area contributed by atoms with Gasteiger partial charge in [-0.3, -0.25) is 0 Å². The van der Waals surface area contributed by atoms with E-state index in [0.717, 1.165) is 5.56 Å². The Labute approximate surface area is 131 Å². The summed E-state index contributed by atoms with van der Waals surface area (Å²) in [4.78, 5) is -0.749. The largest absolute Gasteiger partial charge is 0.391 e. The average Bonchev–Trinajstić information content (AvgIpc) is 2.51. The molecular formula is C15H14F3NO3S. The lowest BCUT2D eigenvalue weighted by Crippen LogP contribution is -2.33. The molecule has 23 heavy (non-hydrogen) atoms. The van der Waals surface area contributed by atoms with Crippen molar-refractivity contribution >= 4 is 10.0 Å². The molecule has 0 radical (unpaired) electrons. The number of halogens is 3. The highest BCUT2D eigenvalue weighted by atomic mass is 32.2. The van der Waals surface area contributed by atoms with E-state index in [2.05, 4.69) is 0 Å². The van der Waals surface area contributed by atoms with Crippen LogP contribution in [0.3, 0.4) is 0 Å². The first-order chi connectivity index (χ1) is 10.8. The van der Waals surface area contributed by atoms with E-state index in [9.17, 15) is 26.7 Å². The van der Waals surface area contributed by atoms with Crippen molar-refractivity contribution in [1.82, 2.24) is 4.72 Å². The molecule has 0 aliphatic heterocycles. The maximum Gasteiger partial charge on any atom is 0.240 e. The molecule has 1 unspecified atom stereocenters. The SMILES string of the molecule is O=S(=O)(NCC(O)Cc1ccccc1)c1cc(F)c(F)c(F)c1. The van der Waals surface area contributed by atoms with Crippen LogP contribution in [0.5, 0.6) is 0 Å². The molecule has 0 spiro atoms. The minimum absolute atomic E-state index is 0.204. The van der Waals surface area contributed by atoms with Gasteiger partial charge in [0, 0.05) is 6.54 Å². The highest BCUT2D eigenvalue weighted by Crippen LogP contribution is 2.17. The Morgan fingerprint density at radius 3 is 2.17 bits per heavy atom. The van der Waals surface area contributed by atoms with Crippen molar-refractivity contribution < 1.29 is 26.7 Å². The smallest absolute Gasteiger partial charge is 0.240 e. The van der Waals surface area contributed by atoms with Crippen LogP contribution in [0.15, 0.2) is 47.4 Å². The van der Waals surface area contributed by atoms with Gasteiger partial charge in [-0.25, -0.2) is 26.3 Å². The van der Waals surface area contributed by atoms with Crippen LogP contribution in [-0.2, 0) is 16.4 Å². The van der Waals surface area contributed by atoms with Crippen LogP contribution < -0.4 is 4.72 Å². The van der Waals surface area contributed by atoms with E-state index in [-0.39, 0.29) is 13.0 Å². The molecule has 8 heteroatoms. The van der Waals surface area contributed by atoms with Crippen LogP contribution in [0.4, 0.5) is 13.2 Å². The van der Waals surface area contributed by atoms with Crippen molar-refractivity contribution in [2.75, 3.05) is 6.54 Å². The summed E-state index contributed by atoms with van der Waals surface area (Å²) in [5, 5.41) is 9.83. The normalized spacial score (nSPS) is 13.0. The molecule has 0 bridgehead atoms. The summed E-state index contributed by atoms with van der Waals surface area (Å²) in [5.41, 5.74) is 0.804. The molecular weight excluding hydrogens is 331 g/mol. The van der Waals surface area contributed by atoms with E-state index in [4.69, 9.17) is 0 Å². The van der Waals surface area contributed by atoms with Crippen molar-refractivity contribution in [3.05, 3.63) is 65.5 Å². The lowest BCUT2D eigenvalue weighted by Gasteiger charge is -2.12. The van der Waals surface area contributed by atoms with Gasteiger partial charge in [-0.05, 0) is 24.1 Å². The summed E-state index contributed by atoms with van der Waals surface area (Å²) < 4.78 is 64.9. The lowest BCUT2D eigenvalue weighted by atomic mass is 10.1. The molecule has 4 nitrogen and oxygen atoms in total. The number of nitrogens with one attached hydrogen (secondary N) is 1. The molecule has 2 rings (SSSR count). The predicted octanol–water partition coefficient (Wildman–Crippen LogP) is 1.99. The Morgan fingerprint density at radius 2 is 1.61 bits per heavy atom. The van der Waals surface area contributed by atoms with Crippen LogP contribution in [0.25, 0.3) is 0 Å². The van der Waals surface area contributed by atoms with Crippen molar-refractivity contribution in [3.8, 4) is 0 Å². The van der Waals surface area contributed by atoms with Gasteiger partial charge in [-0.15, -0.1) is 0 Å². The molecule has 0 aromatic heterocycles. The average molecular weight is 345 g/mol. The second-order valence-corrected chi connectivity index (χ2v) is 6.66. The van der Waals surface area contributed by atoms with Gasteiger partial charge in [0.25, 0.3) is 0 Å². The van der Waals surface area contributed by atoms with Crippen molar-refractivity contribution in [3.63, 3.8) is 0 Å². The minimum Gasteiger partial charge on any atom is -0.391 e. The van der Waals surface area contributed by atoms with Gasteiger partial charge in [-0.1, -0.05) is 30.3 Å². The molecule has 124 valence electrons. The number of rotatable bonds is 6. The zero-order chi connectivity index (χ0) is 17.0. The Balaban J connectivity index is 2.04. The Kier molecular flexibility index (Phi) is 5.40. The molecule has 2 aromatic rings. The van der Waals surface area contributed by atoms with E-state index < -0.39 is 38.5 Å². The first kappa shape index (κ1) is 17.5. The fourth-order valence-electron chi connectivity index (χ4n) is 1.93. The second kappa shape index (κ2) is 7.12. The summed E-state index contributed by atoms with van der Waals surface area (Å²) in [7, 11) is -4.27. The monoisotopic (exact) mass is 345 g/mol. The lowest BCUT2D eigenvalue weighted by molar-refractivity contribution is 0.179. The number of aliphatic hydroxyl groups is 1. The maximum atomic E-state index is 13.1. The van der Waals surface area contributed by atoms with Gasteiger partial charge in [0.1, 0.15) is 0 Å². The number of hydrogen-bond donors (Lipinski definition) is 2. The quantitative estimate of drug-likeness (QED) is 0.787. The third kappa shape index (κ3) is 4.54. The summed E-state index contributed by atoms with van der Waals surface area (Å²) >= 11 is 0. The Hall–Kier alpha value is -1.90. The highest BCUT2D eigenvalue weighted by molar-refractivity contribution is 7.89. The molecule has 0 aliphatic carbocycles. The van der Waals surface area contributed by atoms with Crippen LogP contribution in [0.2, 0.25) is 0 Å². The van der Waals surface area contributed by atoms with E-state index in [1.54, 1.807) is 30.3 Å². The molecule has 2 aromatic carbocycles.